The van der Waals surface area contributed by atoms with Crippen molar-refractivity contribution in [2.24, 2.45) is 0 Å². The molecule has 6 heteroatoms. The van der Waals surface area contributed by atoms with Gasteiger partial charge in [0.05, 0.1) is 12.2 Å². The van der Waals surface area contributed by atoms with E-state index >= 15 is 0 Å². The van der Waals surface area contributed by atoms with Gasteiger partial charge in [-0.25, -0.2) is 4.98 Å². The van der Waals surface area contributed by atoms with Crippen LogP contribution in [0.5, 0.6) is 0 Å². The molecule has 2 aliphatic heterocycles. The maximum absolute atomic E-state index is 12.4. The molecule has 1 unspecified atom stereocenters. The van der Waals surface area contributed by atoms with Crippen LogP contribution >= 0.6 is 11.6 Å². The first-order chi connectivity index (χ1) is 12.7. The van der Waals surface area contributed by atoms with E-state index in [2.05, 4.69) is 9.88 Å². The summed E-state index contributed by atoms with van der Waals surface area (Å²) in [5.74, 6) is 0.966. The molecule has 136 valence electrons. The van der Waals surface area contributed by atoms with E-state index in [1.165, 1.54) is 0 Å². The molecule has 0 spiro atoms. The van der Waals surface area contributed by atoms with Gasteiger partial charge in [0.25, 0.3) is 5.91 Å². The first-order valence-electron chi connectivity index (χ1n) is 9.08. The molecule has 2 fully saturated rings. The highest BCUT2D eigenvalue weighted by Gasteiger charge is 2.24. The summed E-state index contributed by atoms with van der Waals surface area (Å²) in [7, 11) is 0. The Kier molecular flexibility index (Phi) is 5.09. The number of halogens is 1. The Bertz CT molecular complexity index is 758. The minimum absolute atomic E-state index is 0.00581. The zero-order chi connectivity index (χ0) is 17.9. The van der Waals surface area contributed by atoms with Gasteiger partial charge in [-0.1, -0.05) is 23.7 Å². The summed E-state index contributed by atoms with van der Waals surface area (Å²) >= 11 is 5.97. The van der Waals surface area contributed by atoms with Gasteiger partial charge in [0, 0.05) is 37.4 Å². The third-order valence-electron chi connectivity index (χ3n) is 5.02. The minimum atomic E-state index is -0.00581. The molecule has 4 rings (SSSR count). The third kappa shape index (κ3) is 3.69. The predicted octanol–water partition coefficient (Wildman–Crippen LogP) is 3.55. The molecule has 0 radical (unpaired) electrons. The zero-order valence-corrected chi connectivity index (χ0v) is 15.4. The number of hydrogen-bond acceptors (Lipinski definition) is 4. The molecule has 26 heavy (non-hydrogen) atoms. The van der Waals surface area contributed by atoms with Crippen molar-refractivity contribution >= 4 is 23.3 Å². The number of benzene rings is 1. The fourth-order valence-corrected chi connectivity index (χ4v) is 3.66. The maximum atomic E-state index is 12.4. The van der Waals surface area contributed by atoms with Gasteiger partial charge in [-0.2, -0.15) is 0 Å². The van der Waals surface area contributed by atoms with E-state index in [1.54, 1.807) is 6.20 Å². The van der Waals surface area contributed by atoms with Crippen molar-refractivity contribution in [3.8, 4) is 0 Å². The van der Waals surface area contributed by atoms with Crippen LogP contribution < -0.4 is 4.90 Å². The van der Waals surface area contributed by atoms with Crippen LogP contribution in [-0.2, 0) is 4.74 Å². The van der Waals surface area contributed by atoms with Gasteiger partial charge in [-0.3, -0.25) is 4.79 Å². The molecule has 2 aliphatic rings. The van der Waals surface area contributed by atoms with E-state index in [-0.39, 0.29) is 12.0 Å². The summed E-state index contributed by atoms with van der Waals surface area (Å²) < 4.78 is 5.91. The number of hydrogen-bond donors (Lipinski definition) is 0. The van der Waals surface area contributed by atoms with Crippen molar-refractivity contribution in [3.63, 3.8) is 0 Å². The van der Waals surface area contributed by atoms with E-state index in [1.807, 2.05) is 41.3 Å². The quantitative estimate of drug-likeness (QED) is 0.827. The van der Waals surface area contributed by atoms with Gasteiger partial charge >= 0.3 is 0 Å². The van der Waals surface area contributed by atoms with Crippen molar-refractivity contribution in [2.75, 3.05) is 37.7 Å². The molecule has 0 aliphatic carbocycles. The molecule has 0 N–H and O–H groups in total. The summed E-state index contributed by atoms with van der Waals surface area (Å²) in [6, 6.07) is 11.6. The maximum Gasteiger partial charge on any atom is 0.255 e. The molecule has 1 aromatic carbocycles. The molecule has 5 nitrogen and oxygen atoms in total. The Hall–Kier alpha value is -2.11. The van der Waals surface area contributed by atoms with Gasteiger partial charge in [0.2, 0.25) is 0 Å². The lowest BCUT2D eigenvalue weighted by Crippen LogP contribution is -2.38. The lowest BCUT2D eigenvalue weighted by Gasteiger charge is -2.34. The van der Waals surface area contributed by atoms with Gasteiger partial charge in [-0.15, -0.1) is 0 Å². The van der Waals surface area contributed by atoms with Crippen LogP contribution in [0.4, 0.5) is 5.82 Å². The Morgan fingerprint density at radius 3 is 2.54 bits per heavy atom. The van der Waals surface area contributed by atoms with Crippen LogP contribution in [0.15, 0.2) is 42.6 Å². The highest BCUT2D eigenvalue weighted by molar-refractivity contribution is 6.30. The summed E-state index contributed by atoms with van der Waals surface area (Å²) in [5, 5.41) is 0.723. The van der Waals surface area contributed by atoms with Crippen molar-refractivity contribution in [2.45, 2.75) is 18.9 Å². The molecule has 2 saturated heterocycles. The number of ether oxygens (including phenoxy) is 1. The third-order valence-corrected chi connectivity index (χ3v) is 5.27. The number of rotatable bonds is 3. The van der Waals surface area contributed by atoms with Crippen molar-refractivity contribution in [3.05, 3.63) is 58.7 Å². The Balaban J connectivity index is 1.45. The molecule has 1 atom stereocenters. The second-order valence-electron chi connectivity index (χ2n) is 6.76. The normalized spacial score (nSPS) is 20.4. The topological polar surface area (TPSA) is 45.7 Å². The smallest absolute Gasteiger partial charge is 0.255 e. The number of aromatic nitrogens is 1. The standard InChI is InChI=1S/C20H22ClN3O2/c21-17-6-3-15(4-7-17)18-14-24(11-12-26-18)19-8-5-16(13-22-19)20(25)23-9-1-2-10-23/h3-8,13,18H,1-2,9-12,14H2. The average Bonchev–Trinajstić information content (AvgIpc) is 3.23. The molecule has 0 saturated carbocycles. The SMILES string of the molecule is O=C(c1ccc(N2CCOC(c3ccc(Cl)cc3)C2)nc1)N1CCCC1. The van der Waals surface area contributed by atoms with Crippen LogP contribution in [0, 0.1) is 0 Å². The number of likely N-dealkylation sites (tertiary alicyclic amines) is 1. The predicted molar refractivity (Wildman–Crippen MR) is 102 cm³/mol. The van der Waals surface area contributed by atoms with E-state index in [0.717, 1.165) is 55.4 Å². The summed E-state index contributed by atoms with van der Waals surface area (Å²) in [4.78, 5) is 21.1. The van der Waals surface area contributed by atoms with Crippen molar-refractivity contribution < 1.29 is 9.53 Å². The van der Waals surface area contributed by atoms with Crippen molar-refractivity contribution in [1.82, 2.24) is 9.88 Å². The average molecular weight is 372 g/mol. The fraction of sp³-hybridized carbons (Fsp3) is 0.400. The first kappa shape index (κ1) is 17.3. The largest absolute Gasteiger partial charge is 0.370 e. The lowest BCUT2D eigenvalue weighted by molar-refractivity contribution is 0.0395. The van der Waals surface area contributed by atoms with E-state index in [9.17, 15) is 4.79 Å². The summed E-state index contributed by atoms with van der Waals surface area (Å²) in [6.07, 6.45) is 3.88. The number of morpholine rings is 1. The summed E-state index contributed by atoms with van der Waals surface area (Å²) in [6.45, 7) is 3.87. The second-order valence-corrected chi connectivity index (χ2v) is 7.20. The molecule has 3 heterocycles. The van der Waals surface area contributed by atoms with Gasteiger partial charge in [-0.05, 0) is 42.7 Å². The minimum Gasteiger partial charge on any atom is -0.370 e. The van der Waals surface area contributed by atoms with Crippen LogP contribution in [0.1, 0.15) is 34.9 Å². The number of pyridine rings is 1. The number of carbonyl (C=O) groups excluding carboxylic acids is 1. The van der Waals surface area contributed by atoms with Crippen LogP contribution in [0.2, 0.25) is 5.02 Å². The number of amides is 1. The molecule has 1 amide bonds. The highest BCUT2D eigenvalue weighted by atomic mass is 35.5. The Labute approximate surface area is 158 Å². The Morgan fingerprint density at radius 1 is 1.08 bits per heavy atom. The molecular formula is C20H22ClN3O2. The second kappa shape index (κ2) is 7.64. The van der Waals surface area contributed by atoms with Gasteiger partial charge in [0.15, 0.2) is 0 Å². The van der Waals surface area contributed by atoms with Gasteiger partial charge in [0.1, 0.15) is 11.9 Å². The van der Waals surface area contributed by atoms with E-state index < -0.39 is 0 Å². The molecular weight excluding hydrogens is 350 g/mol. The van der Waals surface area contributed by atoms with Crippen LogP contribution in [0.25, 0.3) is 0 Å². The monoisotopic (exact) mass is 371 g/mol. The van der Waals surface area contributed by atoms with Crippen LogP contribution in [0.3, 0.4) is 0 Å². The Morgan fingerprint density at radius 2 is 1.85 bits per heavy atom. The lowest BCUT2D eigenvalue weighted by atomic mass is 10.1. The zero-order valence-electron chi connectivity index (χ0n) is 14.6. The van der Waals surface area contributed by atoms with E-state index in [0.29, 0.717) is 12.2 Å². The number of nitrogens with zero attached hydrogens (tertiary/aromatic N) is 3. The number of anilines is 1. The number of carbonyl (C=O) groups is 1. The van der Waals surface area contributed by atoms with Crippen LogP contribution in [-0.4, -0.2) is 48.6 Å². The molecule has 2 aromatic rings. The first-order valence-corrected chi connectivity index (χ1v) is 9.46. The van der Waals surface area contributed by atoms with Gasteiger partial charge < -0.3 is 14.5 Å². The molecule has 1 aromatic heterocycles. The van der Waals surface area contributed by atoms with E-state index in [4.69, 9.17) is 16.3 Å². The fourth-order valence-electron chi connectivity index (χ4n) is 3.54. The van der Waals surface area contributed by atoms with Crippen molar-refractivity contribution in [1.29, 1.82) is 0 Å². The highest BCUT2D eigenvalue weighted by Crippen LogP contribution is 2.26. The summed E-state index contributed by atoms with van der Waals surface area (Å²) in [5.41, 5.74) is 1.78. The molecule has 0 bridgehead atoms.